The number of carbonyl (C=O) groups is 3. The van der Waals surface area contributed by atoms with Gasteiger partial charge in [-0.1, -0.05) is 30.3 Å². The molecule has 0 fully saturated rings. The predicted molar refractivity (Wildman–Crippen MR) is 195 cm³/mol. The Bertz CT molecular complexity index is 2130. The lowest BCUT2D eigenvalue weighted by atomic mass is 10.1. The number of hydrogen-bond donors (Lipinski definition) is 3. The maximum Gasteiger partial charge on any atom is 0.272 e. The summed E-state index contributed by atoms with van der Waals surface area (Å²) in [4.78, 5) is 44.6. The van der Waals surface area contributed by atoms with Crippen LogP contribution < -0.4 is 25.4 Å². The second-order valence-corrected chi connectivity index (χ2v) is 11.9. The van der Waals surface area contributed by atoms with Gasteiger partial charge in [0.1, 0.15) is 22.7 Å². The van der Waals surface area contributed by atoms with Crippen molar-refractivity contribution in [2.45, 2.75) is 4.90 Å². The third-order valence-corrected chi connectivity index (χ3v) is 8.47. The highest BCUT2D eigenvalue weighted by atomic mass is 32.2. The van der Waals surface area contributed by atoms with Gasteiger partial charge < -0.3 is 29.8 Å². The van der Waals surface area contributed by atoms with E-state index in [1.807, 2.05) is 36.4 Å². The zero-order chi connectivity index (χ0) is 34.9. The van der Waals surface area contributed by atoms with Crippen LogP contribution in [0.2, 0.25) is 0 Å². The Kier molecular flexibility index (Phi) is 10.5. The van der Waals surface area contributed by atoms with Crippen molar-refractivity contribution in [2.24, 2.45) is 0 Å². The van der Waals surface area contributed by atoms with E-state index in [4.69, 9.17) is 13.9 Å². The maximum atomic E-state index is 13.5. The molecule has 0 radical (unpaired) electrons. The number of ether oxygens (including phenoxy) is 2. The van der Waals surface area contributed by atoms with E-state index < -0.39 is 11.8 Å². The number of thioether (sulfide) groups is 1. The van der Waals surface area contributed by atoms with Crippen molar-refractivity contribution in [3.05, 3.63) is 138 Å². The summed E-state index contributed by atoms with van der Waals surface area (Å²) in [5.74, 6) is 0.602. The van der Waals surface area contributed by atoms with Crippen LogP contribution in [0.1, 0.15) is 15.9 Å². The van der Waals surface area contributed by atoms with Crippen molar-refractivity contribution in [3.63, 3.8) is 0 Å². The molecule has 0 unspecified atom stereocenters. The fraction of sp³-hybridized carbons (Fsp3) is 0.0769. The summed E-state index contributed by atoms with van der Waals surface area (Å²) < 4.78 is 16.6. The first-order chi connectivity index (χ1) is 24.4. The molecule has 6 aromatic rings. The molecule has 0 aliphatic rings. The quantitative estimate of drug-likeness (QED) is 0.0885. The molecule has 11 heteroatoms. The molecule has 3 N–H and O–H groups in total. The Morgan fingerprint density at radius 3 is 2.20 bits per heavy atom. The van der Waals surface area contributed by atoms with Crippen molar-refractivity contribution in [2.75, 3.05) is 30.6 Å². The van der Waals surface area contributed by atoms with Gasteiger partial charge >= 0.3 is 0 Å². The lowest BCUT2D eigenvalue weighted by Crippen LogP contribution is -2.30. The van der Waals surface area contributed by atoms with Crippen LogP contribution in [0.25, 0.3) is 28.6 Å². The van der Waals surface area contributed by atoms with Gasteiger partial charge in [-0.3, -0.25) is 14.4 Å². The molecule has 3 amide bonds. The minimum Gasteiger partial charge on any atom is -0.497 e. The summed E-state index contributed by atoms with van der Waals surface area (Å²) >= 11 is 1.36. The molecule has 250 valence electrons. The highest BCUT2D eigenvalue weighted by Crippen LogP contribution is 2.28. The second-order valence-electron chi connectivity index (χ2n) is 10.9. The number of rotatable bonds is 12. The van der Waals surface area contributed by atoms with Crippen molar-refractivity contribution in [1.82, 2.24) is 10.3 Å². The molecule has 0 spiro atoms. The minimum atomic E-state index is -0.533. The molecule has 6 rings (SSSR count). The van der Waals surface area contributed by atoms with Gasteiger partial charge in [0.15, 0.2) is 5.58 Å². The van der Waals surface area contributed by atoms with Crippen LogP contribution in [0.3, 0.4) is 0 Å². The van der Waals surface area contributed by atoms with E-state index in [1.54, 1.807) is 98.1 Å². The number of para-hydroxylation sites is 2. The fourth-order valence-corrected chi connectivity index (χ4v) is 5.60. The molecular weight excluding hydrogens is 653 g/mol. The van der Waals surface area contributed by atoms with Crippen molar-refractivity contribution >= 4 is 58.0 Å². The number of anilines is 2. The van der Waals surface area contributed by atoms with E-state index in [-0.39, 0.29) is 17.4 Å². The molecule has 0 atom stereocenters. The number of amides is 3. The molecule has 1 heterocycles. The normalized spacial score (nSPS) is 11.1. The van der Waals surface area contributed by atoms with Crippen LogP contribution in [0.15, 0.2) is 136 Å². The molecule has 0 saturated heterocycles. The number of nitrogens with zero attached hydrogens (tertiary/aromatic N) is 1. The lowest BCUT2D eigenvalue weighted by Gasteiger charge is -2.13. The number of benzene rings is 5. The van der Waals surface area contributed by atoms with E-state index in [2.05, 4.69) is 20.9 Å². The summed E-state index contributed by atoms with van der Waals surface area (Å²) in [5, 5.41) is 8.47. The number of methoxy groups -OCH3 is 2. The second kappa shape index (κ2) is 15.7. The number of carbonyl (C=O) groups excluding carboxylic acids is 3. The van der Waals surface area contributed by atoms with Crippen molar-refractivity contribution in [1.29, 1.82) is 0 Å². The van der Waals surface area contributed by atoms with Crippen molar-refractivity contribution < 1.29 is 28.3 Å². The number of fused-ring (bicyclic) bond motifs is 1. The van der Waals surface area contributed by atoms with Gasteiger partial charge in [0.05, 0.1) is 20.0 Å². The molecule has 0 aliphatic heterocycles. The van der Waals surface area contributed by atoms with Crippen LogP contribution in [0.4, 0.5) is 11.4 Å². The van der Waals surface area contributed by atoms with Gasteiger partial charge in [-0.25, -0.2) is 4.98 Å². The van der Waals surface area contributed by atoms with Gasteiger partial charge in [0.25, 0.3) is 11.8 Å². The standard InChI is InChI=1S/C39H32N4O6S/c1-47-30-19-14-27(35(23-30)48-2)22-33(42-37(45)25-8-4-3-5-9-25)38(46)41-29-17-20-31(21-18-29)50-24-36(44)40-28-15-12-26(13-16-28)39-43-32-10-6-7-11-34(32)49-39/h3-23H,24H2,1-2H3,(H,40,44)(H,41,46)(H,42,45)/b33-22-. The summed E-state index contributed by atoms with van der Waals surface area (Å²) in [7, 11) is 3.06. The van der Waals surface area contributed by atoms with Gasteiger partial charge in [-0.2, -0.15) is 0 Å². The molecule has 0 bridgehead atoms. The Morgan fingerprint density at radius 1 is 0.780 bits per heavy atom. The minimum absolute atomic E-state index is 0.0133. The summed E-state index contributed by atoms with van der Waals surface area (Å²) in [6.07, 6.45) is 1.54. The summed E-state index contributed by atoms with van der Waals surface area (Å²) in [5.41, 5.74) is 4.44. The zero-order valence-corrected chi connectivity index (χ0v) is 28.0. The first-order valence-electron chi connectivity index (χ1n) is 15.5. The topological polar surface area (TPSA) is 132 Å². The third-order valence-electron chi connectivity index (χ3n) is 7.46. The summed E-state index contributed by atoms with van der Waals surface area (Å²) in [6.45, 7) is 0. The van der Waals surface area contributed by atoms with E-state index >= 15 is 0 Å². The van der Waals surface area contributed by atoms with Crippen LogP contribution in [0, 0.1) is 0 Å². The molecular formula is C39H32N4O6S. The highest BCUT2D eigenvalue weighted by Gasteiger charge is 2.17. The average molecular weight is 685 g/mol. The highest BCUT2D eigenvalue weighted by molar-refractivity contribution is 8.00. The zero-order valence-electron chi connectivity index (χ0n) is 27.1. The number of aromatic nitrogens is 1. The van der Waals surface area contributed by atoms with Crippen molar-refractivity contribution in [3.8, 4) is 23.0 Å². The molecule has 1 aromatic heterocycles. The third kappa shape index (κ3) is 8.38. The Balaban J connectivity index is 1.07. The summed E-state index contributed by atoms with van der Waals surface area (Å²) in [6, 6.07) is 35.7. The SMILES string of the molecule is COc1ccc(/C=C(\NC(=O)c2ccccc2)C(=O)Nc2ccc(SCC(=O)Nc3ccc(-c4nc5ccccc5o4)cc3)cc2)c(OC)c1. The first kappa shape index (κ1) is 33.6. The van der Waals surface area contributed by atoms with Gasteiger partial charge in [0.2, 0.25) is 11.8 Å². The monoisotopic (exact) mass is 684 g/mol. The molecule has 10 nitrogen and oxygen atoms in total. The van der Waals surface area contributed by atoms with E-state index in [0.717, 1.165) is 16.0 Å². The van der Waals surface area contributed by atoms with E-state index in [0.29, 0.717) is 45.5 Å². The maximum absolute atomic E-state index is 13.5. The van der Waals surface area contributed by atoms with Gasteiger partial charge in [-0.05, 0) is 91.0 Å². The number of oxazole rings is 1. The number of nitrogens with one attached hydrogen (secondary N) is 3. The molecule has 0 aliphatic carbocycles. The fourth-order valence-electron chi connectivity index (χ4n) is 4.91. The largest absolute Gasteiger partial charge is 0.497 e. The first-order valence-corrected chi connectivity index (χ1v) is 16.5. The van der Waals surface area contributed by atoms with Crippen LogP contribution in [-0.4, -0.2) is 42.7 Å². The lowest BCUT2D eigenvalue weighted by molar-refractivity contribution is -0.114. The van der Waals surface area contributed by atoms with E-state index in [9.17, 15) is 14.4 Å². The Hall–Kier alpha value is -6.33. The average Bonchev–Trinajstić information content (AvgIpc) is 3.59. The Labute approximate surface area is 292 Å². The molecule has 5 aromatic carbocycles. The van der Waals surface area contributed by atoms with Crippen LogP contribution in [0.5, 0.6) is 11.5 Å². The van der Waals surface area contributed by atoms with Crippen LogP contribution >= 0.6 is 11.8 Å². The number of hydrogen-bond acceptors (Lipinski definition) is 8. The molecule has 0 saturated carbocycles. The van der Waals surface area contributed by atoms with E-state index in [1.165, 1.54) is 18.9 Å². The Morgan fingerprint density at radius 2 is 1.48 bits per heavy atom. The predicted octanol–water partition coefficient (Wildman–Crippen LogP) is 7.65. The van der Waals surface area contributed by atoms with Crippen LogP contribution in [-0.2, 0) is 9.59 Å². The van der Waals surface area contributed by atoms with Gasteiger partial charge in [0, 0.05) is 39.0 Å². The van der Waals surface area contributed by atoms with Gasteiger partial charge in [-0.15, -0.1) is 11.8 Å². The smallest absolute Gasteiger partial charge is 0.272 e. The molecule has 50 heavy (non-hydrogen) atoms.